The second kappa shape index (κ2) is 5.51. The molecule has 0 bridgehead atoms. The molecule has 0 radical (unpaired) electrons. The molecule has 84 valence electrons. The third-order valence-electron chi connectivity index (χ3n) is 2.73. The molecule has 0 amide bonds. The molecule has 0 saturated heterocycles. The summed E-state index contributed by atoms with van der Waals surface area (Å²) >= 11 is 8.26. The molecule has 1 unspecified atom stereocenters. The van der Waals surface area contributed by atoms with Gasteiger partial charge in [0.1, 0.15) is 0 Å². The highest BCUT2D eigenvalue weighted by atomic mass is 35.5. The number of aryl methyl sites for hydroxylation is 1. The van der Waals surface area contributed by atoms with Crippen molar-refractivity contribution in [3.63, 3.8) is 0 Å². The van der Waals surface area contributed by atoms with E-state index in [1.807, 2.05) is 0 Å². The summed E-state index contributed by atoms with van der Waals surface area (Å²) in [6, 6.07) is 12.7. The lowest BCUT2D eigenvalue weighted by Gasteiger charge is -2.12. The predicted octanol–water partition coefficient (Wildman–Crippen LogP) is 4.83. The van der Waals surface area contributed by atoms with Crippen LogP contribution in [0.2, 0.25) is 0 Å². The molecule has 2 rings (SSSR count). The van der Waals surface area contributed by atoms with Crippen LogP contribution >= 0.6 is 22.9 Å². The highest BCUT2D eigenvalue weighted by molar-refractivity contribution is 7.09. The zero-order valence-electron chi connectivity index (χ0n) is 9.32. The molecule has 1 atom stereocenters. The Morgan fingerprint density at radius 3 is 2.69 bits per heavy atom. The molecule has 1 aromatic heterocycles. The van der Waals surface area contributed by atoms with Gasteiger partial charge in [0.05, 0.1) is 5.38 Å². The first kappa shape index (κ1) is 11.7. The van der Waals surface area contributed by atoms with Crippen LogP contribution in [0.3, 0.4) is 0 Å². The molecule has 0 N–H and O–H groups in total. The maximum atomic E-state index is 6.49. The fraction of sp³-hybridized carbons (Fsp3) is 0.286. The van der Waals surface area contributed by atoms with Crippen LogP contribution in [-0.2, 0) is 12.8 Å². The Morgan fingerprint density at radius 2 is 2.00 bits per heavy atom. The molecule has 2 heteroatoms. The second-order valence-electron chi connectivity index (χ2n) is 3.80. The van der Waals surface area contributed by atoms with Crippen molar-refractivity contribution in [1.82, 2.24) is 0 Å². The molecule has 0 aliphatic rings. The van der Waals surface area contributed by atoms with Gasteiger partial charge >= 0.3 is 0 Å². The third-order valence-corrected chi connectivity index (χ3v) is 4.02. The zero-order valence-corrected chi connectivity index (χ0v) is 10.9. The number of benzene rings is 1. The van der Waals surface area contributed by atoms with Gasteiger partial charge in [0.25, 0.3) is 0 Å². The normalized spacial score (nSPS) is 12.6. The van der Waals surface area contributed by atoms with Gasteiger partial charge < -0.3 is 0 Å². The van der Waals surface area contributed by atoms with E-state index < -0.39 is 0 Å². The van der Waals surface area contributed by atoms with Crippen LogP contribution in [0.25, 0.3) is 0 Å². The van der Waals surface area contributed by atoms with Gasteiger partial charge in [-0.15, -0.1) is 22.9 Å². The summed E-state index contributed by atoms with van der Waals surface area (Å²) in [5.74, 6) is 0. The van der Waals surface area contributed by atoms with Gasteiger partial charge in [0, 0.05) is 11.3 Å². The maximum absolute atomic E-state index is 6.49. The van der Waals surface area contributed by atoms with Crippen molar-refractivity contribution in [2.75, 3.05) is 0 Å². The largest absolute Gasteiger partial charge is 0.149 e. The van der Waals surface area contributed by atoms with Crippen molar-refractivity contribution >= 4 is 22.9 Å². The number of thiophene rings is 1. The molecular formula is C14H15ClS. The Kier molecular flexibility index (Phi) is 4.03. The van der Waals surface area contributed by atoms with Gasteiger partial charge in [0.15, 0.2) is 0 Å². The van der Waals surface area contributed by atoms with Gasteiger partial charge in [-0.1, -0.05) is 37.3 Å². The smallest absolute Gasteiger partial charge is 0.0636 e. The average Bonchev–Trinajstić information content (AvgIpc) is 2.81. The first-order valence-electron chi connectivity index (χ1n) is 5.55. The standard InChI is InChI=1S/C14H15ClS/c1-2-11-6-3-4-8-13(11)14(15)10-12-7-5-9-16-12/h3-9,14H,2,10H2,1H3. The SMILES string of the molecule is CCc1ccccc1C(Cl)Cc1cccs1. The van der Waals surface area contributed by atoms with E-state index in [1.54, 1.807) is 11.3 Å². The molecule has 0 spiro atoms. The fourth-order valence-electron chi connectivity index (χ4n) is 1.88. The van der Waals surface area contributed by atoms with Crippen molar-refractivity contribution in [2.24, 2.45) is 0 Å². The van der Waals surface area contributed by atoms with E-state index in [0.717, 1.165) is 12.8 Å². The Hall–Kier alpha value is -0.790. The van der Waals surface area contributed by atoms with Crippen molar-refractivity contribution in [2.45, 2.75) is 25.1 Å². The van der Waals surface area contributed by atoms with Crippen LogP contribution in [0.15, 0.2) is 41.8 Å². The molecule has 1 aromatic carbocycles. The lowest BCUT2D eigenvalue weighted by atomic mass is 10.0. The third kappa shape index (κ3) is 2.66. The fourth-order valence-corrected chi connectivity index (χ4v) is 3.10. The first-order chi connectivity index (χ1) is 7.81. The maximum Gasteiger partial charge on any atom is 0.0636 e. The summed E-state index contributed by atoms with van der Waals surface area (Å²) in [5.41, 5.74) is 2.64. The molecule has 16 heavy (non-hydrogen) atoms. The van der Waals surface area contributed by atoms with Crippen molar-refractivity contribution in [3.05, 3.63) is 57.8 Å². The van der Waals surface area contributed by atoms with E-state index in [1.165, 1.54) is 16.0 Å². The van der Waals surface area contributed by atoms with Gasteiger partial charge in [-0.25, -0.2) is 0 Å². The minimum Gasteiger partial charge on any atom is -0.149 e. The molecule has 0 aliphatic carbocycles. The van der Waals surface area contributed by atoms with Crippen LogP contribution in [0, 0.1) is 0 Å². The number of alkyl halides is 1. The lowest BCUT2D eigenvalue weighted by molar-refractivity contribution is 0.910. The highest BCUT2D eigenvalue weighted by Gasteiger charge is 2.12. The Labute approximate surface area is 106 Å². The molecule has 0 saturated carbocycles. The van der Waals surface area contributed by atoms with E-state index in [0.29, 0.717) is 0 Å². The topological polar surface area (TPSA) is 0 Å². The molecule has 1 heterocycles. The van der Waals surface area contributed by atoms with Crippen LogP contribution in [0.4, 0.5) is 0 Å². The summed E-state index contributed by atoms with van der Waals surface area (Å²) < 4.78 is 0. The summed E-state index contributed by atoms with van der Waals surface area (Å²) in [5, 5.41) is 2.19. The van der Waals surface area contributed by atoms with Crippen LogP contribution in [-0.4, -0.2) is 0 Å². The van der Waals surface area contributed by atoms with Gasteiger partial charge in [-0.3, -0.25) is 0 Å². The zero-order chi connectivity index (χ0) is 11.4. The van der Waals surface area contributed by atoms with Crippen molar-refractivity contribution < 1.29 is 0 Å². The minimum atomic E-state index is 0.0924. The average molecular weight is 251 g/mol. The summed E-state index contributed by atoms with van der Waals surface area (Å²) in [6.07, 6.45) is 1.97. The van der Waals surface area contributed by atoms with Gasteiger partial charge in [-0.05, 0) is 29.0 Å². The van der Waals surface area contributed by atoms with Crippen LogP contribution < -0.4 is 0 Å². The monoisotopic (exact) mass is 250 g/mol. The molecule has 0 aliphatic heterocycles. The van der Waals surface area contributed by atoms with Crippen molar-refractivity contribution in [3.8, 4) is 0 Å². The van der Waals surface area contributed by atoms with E-state index in [9.17, 15) is 0 Å². The molecule has 0 nitrogen and oxygen atoms in total. The number of hydrogen-bond acceptors (Lipinski definition) is 1. The first-order valence-corrected chi connectivity index (χ1v) is 6.87. The summed E-state index contributed by atoms with van der Waals surface area (Å²) in [6.45, 7) is 2.17. The number of rotatable bonds is 4. The van der Waals surface area contributed by atoms with E-state index >= 15 is 0 Å². The Bertz CT molecular complexity index is 434. The van der Waals surface area contributed by atoms with E-state index in [2.05, 4.69) is 48.7 Å². The second-order valence-corrected chi connectivity index (χ2v) is 5.36. The Morgan fingerprint density at radius 1 is 1.19 bits per heavy atom. The van der Waals surface area contributed by atoms with Gasteiger partial charge in [-0.2, -0.15) is 0 Å². The van der Waals surface area contributed by atoms with E-state index in [-0.39, 0.29) is 5.38 Å². The van der Waals surface area contributed by atoms with Gasteiger partial charge in [0.2, 0.25) is 0 Å². The summed E-state index contributed by atoms with van der Waals surface area (Å²) in [7, 11) is 0. The minimum absolute atomic E-state index is 0.0924. The van der Waals surface area contributed by atoms with Crippen LogP contribution in [0.1, 0.15) is 28.3 Å². The van der Waals surface area contributed by atoms with Crippen molar-refractivity contribution in [1.29, 1.82) is 0 Å². The molecule has 2 aromatic rings. The van der Waals surface area contributed by atoms with Crippen LogP contribution in [0.5, 0.6) is 0 Å². The summed E-state index contributed by atoms with van der Waals surface area (Å²) in [4.78, 5) is 1.35. The Balaban J connectivity index is 2.17. The van der Waals surface area contributed by atoms with E-state index in [4.69, 9.17) is 11.6 Å². The quantitative estimate of drug-likeness (QED) is 0.682. The predicted molar refractivity (Wildman–Crippen MR) is 72.4 cm³/mol. The number of halogens is 1. The lowest BCUT2D eigenvalue weighted by Crippen LogP contribution is -1.98. The highest BCUT2D eigenvalue weighted by Crippen LogP contribution is 2.29. The number of hydrogen-bond donors (Lipinski definition) is 0. The molecule has 0 fully saturated rings. The molecular weight excluding hydrogens is 236 g/mol.